The van der Waals surface area contributed by atoms with E-state index in [2.05, 4.69) is 24.3 Å². The highest BCUT2D eigenvalue weighted by atomic mass is 16.3. The van der Waals surface area contributed by atoms with Crippen LogP contribution in [0.15, 0.2) is 18.2 Å². The van der Waals surface area contributed by atoms with Gasteiger partial charge in [0.25, 0.3) is 0 Å². The first-order valence-electron chi connectivity index (χ1n) is 4.79. The van der Waals surface area contributed by atoms with Gasteiger partial charge in [-0.05, 0) is 12.5 Å². The molecule has 0 atom stereocenters. The quantitative estimate of drug-likeness (QED) is 0.517. The van der Waals surface area contributed by atoms with Gasteiger partial charge < -0.3 is 10.4 Å². The van der Waals surface area contributed by atoms with Crippen LogP contribution in [0.2, 0.25) is 13.1 Å². The van der Waals surface area contributed by atoms with Crippen molar-refractivity contribution in [3.63, 3.8) is 0 Å². The molecule has 0 bridgehead atoms. The van der Waals surface area contributed by atoms with Crippen LogP contribution in [0.4, 0.5) is 5.69 Å². The Bertz CT molecular complexity index is 314. The Balaban J connectivity index is 2.41. The molecule has 0 fully saturated rings. The third-order valence-corrected chi connectivity index (χ3v) is 2.81. The van der Waals surface area contributed by atoms with Crippen molar-refractivity contribution in [3.05, 3.63) is 23.8 Å². The minimum absolute atomic E-state index is 0.0170. The van der Waals surface area contributed by atoms with Crippen LogP contribution in [-0.4, -0.2) is 18.6 Å². The predicted molar refractivity (Wildman–Crippen MR) is 56.9 cm³/mol. The largest absolute Gasteiger partial charge is 0.377 e. The number of hydrogen-bond acceptors (Lipinski definition) is 2. The summed E-state index contributed by atoms with van der Waals surface area (Å²) in [6, 6.07) is 6.27. The first kappa shape index (κ1) is 8.63. The van der Waals surface area contributed by atoms with Crippen LogP contribution in [0.25, 0.3) is 0 Å². The molecule has 0 aromatic heterocycles. The van der Waals surface area contributed by atoms with Crippen molar-refractivity contribution >= 4 is 17.9 Å². The van der Waals surface area contributed by atoms with E-state index in [0.717, 1.165) is 5.69 Å². The van der Waals surface area contributed by atoms with Gasteiger partial charge in [0.15, 0.2) is 6.71 Å². The van der Waals surface area contributed by atoms with Crippen molar-refractivity contribution in [2.45, 2.75) is 19.6 Å². The van der Waals surface area contributed by atoms with E-state index in [0.29, 0.717) is 6.71 Å². The molecule has 68 valence electrons. The second-order valence-electron chi connectivity index (χ2n) is 3.65. The number of hydrogen-bond donors (Lipinski definition) is 2. The van der Waals surface area contributed by atoms with E-state index in [4.69, 9.17) is 5.11 Å². The summed E-state index contributed by atoms with van der Waals surface area (Å²) in [5, 5.41) is 11.8. The number of benzene rings is 1. The van der Waals surface area contributed by atoms with Gasteiger partial charge in [-0.25, -0.2) is 0 Å². The zero-order valence-electron chi connectivity index (χ0n) is 7.88. The molecule has 1 aliphatic heterocycles. The number of anilines is 1. The Labute approximate surface area is 79.1 Å². The summed E-state index contributed by atoms with van der Waals surface area (Å²) in [7, 11) is 0. The molecule has 0 aliphatic carbocycles. The monoisotopic (exact) mass is 175 g/mol. The first-order valence-corrected chi connectivity index (χ1v) is 4.79. The number of nitrogens with one attached hydrogen (secondary N) is 1. The van der Waals surface area contributed by atoms with Crippen molar-refractivity contribution in [1.29, 1.82) is 0 Å². The van der Waals surface area contributed by atoms with Crippen LogP contribution in [0.1, 0.15) is 5.56 Å². The molecule has 13 heavy (non-hydrogen) atoms. The molecule has 0 unspecified atom stereocenters. The molecule has 1 aromatic carbocycles. The molecular weight excluding hydrogens is 161 g/mol. The minimum atomic E-state index is 0.0170. The summed E-state index contributed by atoms with van der Waals surface area (Å²) in [6.07, 6.45) is 2.41. The maximum absolute atomic E-state index is 8.83. The average Bonchev–Trinajstić information content (AvgIpc) is 2.50. The highest BCUT2D eigenvalue weighted by molar-refractivity contribution is 6.75. The van der Waals surface area contributed by atoms with Crippen molar-refractivity contribution < 1.29 is 5.11 Å². The fourth-order valence-electron chi connectivity index (χ4n) is 2.17. The summed E-state index contributed by atoms with van der Waals surface area (Å²) in [5.74, 6) is 0. The highest BCUT2D eigenvalue weighted by Crippen LogP contribution is 2.19. The minimum Gasteiger partial charge on any atom is -0.377 e. The molecule has 1 heterocycles. The molecule has 0 spiro atoms. The fraction of sp³-hybridized carbons (Fsp3) is 0.400. The molecule has 2 rings (SSSR count). The Morgan fingerprint density at radius 2 is 2.38 bits per heavy atom. The molecule has 0 saturated heterocycles. The number of fused-ring (bicyclic) bond motifs is 1. The van der Waals surface area contributed by atoms with Crippen LogP contribution in [0, 0.1) is 0 Å². The second-order valence-corrected chi connectivity index (χ2v) is 3.65. The maximum Gasteiger partial charge on any atom is 0.176 e. The fourth-order valence-corrected chi connectivity index (χ4v) is 2.17. The number of aliphatic hydroxyl groups is 1. The molecule has 1 aliphatic rings. The lowest BCUT2D eigenvalue weighted by Crippen LogP contribution is -2.26. The van der Waals surface area contributed by atoms with Gasteiger partial charge >= 0.3 is 0 Å². The van der Waals surface area contributed by atoms with E-state index >= 15 is 0 Å². The molecule has 0 radical (unpaired) electrons. The molecular formula is C10H14BNO. The van der Waals surface area contributed by atoms with Crippen molar-refractivity contribution in [1.82, 2.24) is 0 Å². The Morgan fingerprint density at radius 1 is 1.54 bits per heavy atom. The van der Waals surface area contributed by atoms with Gasteiger partial charge in [0.05, 0.1) is 0 Å². The summed E-state index contributed by atoms with van der Waals surface area (Å²) in [5.41, 5.74) is 3.94. The zero-order chi connectivity index (χ0) is 9.26. The summed E-state index contributed by atoms with van der Waals surface area (Å²) in [4.78, 5) is 0. The lowest BCUT2D eigenvalue weighted by Gasteiger charge is -2.11. The van der Waals surface area contributed by atoms with Crippen molar-refractivity contribution in [2.24, 2.45) is 0 Å². The Hall–Kier alpha value is -0.955. The van der Waals surface area contributed by atoms with Crippen molar-refractivity contribution in [3.8, 4) is 0 Å². The smallest absolute Gasteiger partial charge is 0.176 e. The molecule has 2 nitrogen and oxygen atoms in total. The van der Waals surface area contributed by atoms with Gasteiger partial charge in [0, 0.05) is 5.69 Å². The normalized spacial score (nSPS) is 14.5. The van der Waals surface area contributed by atoms with Crippen LogP contribution in [0.5, 0.6) is 0 Å². The lowest BCUT2D eigenvalue weighted by molar-refractivity contribution is 0.326. The number of aliphatic hydroxyl groups excluding tert-OH is 1. The van der Waals surface area contributed by atoms with Crippen LogP contribution in [0.3, 0.4) is 0 Å². The topological polar surface area (TPSA) is 32.3 Å². The van der Waals surface area contributed by atoms with E-state index in [1.54, 1.807) is 0 Å². The van der Waals surface area contributed by atoms with E-state index in [-0.39, 0.29) is 6.73 Å². The van der Waals surface area contributed by atoms with E-state index in [1.807, 2.05) is 6.07 Å². The highest BCUT2D eigenvalue weighted by Gasteiger charge is 2.23. The molecule has 1 aromatic rings. The summed E-state index contributed by atoms with van der Waals surface area (Å²) >= 11 is 0. The van der Waals surface area contributed by atoms with Gasteiger partial charge in [-0.1, -0.05) is 36.3 Å². The Kier molecular flexibility index (Phi) is 2.27. The van der Waals surface area contributed by atoms with E-state index < -0.39 is 0 Å². The first-order chi connectivity index (χ1) is 6.33. The van der Waals surface area contributed by atoms with Crippen LogP contribution >= 0.6 is 0 Å². The number of aryl methyl sites for hydroxylation is 1. The Morgan fingerprint density at radius 3 is 3.15 bits per heavy atom. The SMILES string of the molecule is CB1CCc2cccc(NCO)c21. The zero-order valence-corrected chi connectivity index (χ0v) is 7.88. The predicted octanol–water partition coefficient (Wildman–Crippen LogP) is 0.936. The van der Waals surface area contributed by atoms with Gasteiger partial charge in [-0.2, -0.15) is 0 Å². The summed E-state index contributed by atoms with van der Waals surface area (Å²) < 4.78 is 0. The van der Waals surface area contributed by atoms with E-state index in [1.165, 1.54) is 23.8 Å². The lowest BCUT2D eigenvalue weighted by atomic mass is 9.47. The molecule has 3 heteroatoms. The molecule has 2 N–H and O–H groups in total. The number of rotatable bonds is 2. The third kappa shape index (κ3) is 1.44. The van der Waals surface area contributed by atoms with Gasteiger partial charge in [-0.15, -0.1) is 0 Å². The van der Waals surface area contributed by atoms with Crippen LogP contribution in [-0.2, 0) is 6.42 Å². The van der Waals surface area contributed by atoms with Gasteiger partial charge in [-0.3, -0.25) is 0 Å². The van der Waals surface area contributed by atoms with E-state index in [9.17, 15) is 0 Å². The van der Waals surface area contributed by atoms with Gasteiger partial charge in [0.1, 0.15) is 6.73 Å². The second kappa shape index (κ2) is 3.42. The third-order valence-electron chi connectivity index (χ3n) is 2.81. The average molecular weight is 175 g/mol. The van der Waals surface area contributed by atoms with Crippen molar-refractivity contribution in [2.75, 3.05) is 12.0 Å². The van der Waals surface area contributed by atoms with Crippen LogP contribution < -0.4 is 10.8 Å². The van der Waals surface area contributed by atoms with Gasteiger partial charge in [0.2, 0.25) is 0 Å². The molecule has 0 amide bonds. The standard InChI is InChI=1S/C10H14BNO/c1-11-6-5-8-3-2-4-9(10(8)11)12-7-13/h2-4,12-13H,5-7H2,1H3. The summed E-state index contributed by atoms with van der Waals surface area (Å²) in [6.45, 7) is 2.89. The molecule has 0 saturated carbocycles. The maximum atomic E-state index is 8.83.